The fourth-order valence-electron chi connectivity index (χ4n) is 2.48. The zero-order valence-corrected chi connectivity index (χ0v) is 18.6. The van der Waals surface area contributed by atoms with Gasteiger partial charge in [0.1, 0.15) is 11.6 Å². The van der Waals surface area contributed by atoms with Crippen molar-refractivity contribution in [2.75, 3.05) is 11.1 Å². The van der Waals surface area contributed by atoms with E-state index in [4.69, 9.17) is 11.6 Å². The second kappa shape index (κ2) is 10.6. The molecule has 1 N–H and O–H groups in total. The van der Waals surface area contributed by atoms with Crippen LogP contribution < -0.4 is 5.32 Å². The minimum Gasteiger partial charge on any atom is -0.324 e. The van der Waals surface area contributed by atoms with Crippen molar-refractivity contribution in [1.29, 1.82) is 0 Å². The molecule has 3 aromatic rings. The smallest absolute Gasteiger partial charge is 0.271 e. The normalized spacial score (nSPS) is 10.8. The van der Waals surface area contributed by atoms with Crippen LogP contribution in [0.25, 0.3) is 0 Å². The van der Waals surface area contributed by atoms with E-state index in [9.17, 15) is 19.3 Å². The molecule has 162 valence electrons. The Morgan fingerprint density at radius 3 is 2.68 bits per heavy atom. The summed E-state index contributed by atoms with van der Waals surface area (Å²) in [6, 6.07) is 10.2. The van der Waals surface area contributed by atoms with E-state index in [1.54, 1.807) is 28.5 Å². The molecular weight excluding hydrogens is 465 g/mol. The van der Waals surface area contributed by atoms with Crippen LogP contribution in [0, 0.1) is 15.9 Å². The first-order valence-corrected chi connectivity index (χ1v) is 11.4. The zero-order chi connectivity index (χ0) is 22.4. The number of aromatic nitrogens is 3. The van der Waals surface area contributed by atoms with Gasteiger partial charge in [-0.05, 0) is 23.8 Å². The Morgan fingerprint density at radius 2 is 1.97 bits per heavy atom. The lowest BCUT2D eigenvalue weighted by Gasteiger charge is -2.07. The van der Waals surface area contributed by atoms with E-state index in [-0.39, 0.29) is 33.9 Å². The molecule has 0 bridgehead atoms. The second-order valence-electron chi connectivity index (χ2n) is 6.34. The lowest BCUT2D eigenvalue weighted by Crippen LogP contribution is -2.15. The molecule has 0 atom stereocenters. The highest BCUT2D eigenvalue weighted by Gasteiger charge is 2.15. The monoisotopic (exact) mass is 481 g/mol. The number of hydrogen-bond donors (Lipinski definition) is 1. The van der Waals surface area contributed by atoms with Gasteiger partial charge in [-0.1, -0.05) is 35.5 Å². The number of thioether (sulfide) groups is 2. The van der Waals surface area contributed by atoms with Gasteiger partial charge in [0.05, 0.1) is 27.1 Å². The van der Waals surface area contributed by atoms with Gasteiger partial charge < -0.3 is 9.88 Å². The Kier molecular flexibility index (Phi) is 7.88. The minimum atomic E-state index is -0.560. The van der Waals surface area contributed by atoms with E-state index >= 15 is 0 Å². The minimum absolute atomic E-state index is 0.0354. The van der Waals surface area contributed by atoms with Crippen LogP contribution in [0.5, 0.6) is 0 Å². The molecule has 0 aliphatic rings. The Hall–Kier alpha value is -2.63. The Bertz CT molecular complexity index is 1090. The van der Waals surface area contributed by atoms with Gasteiger partial charge >= 0.3 is 0 Å². The fourth-order valence-corrected chi connectivity index (χ4v) is 4.34. The summed E-state index contributed by atoms with van der Waals surface area (Å²) >= 11 is 8.81. The van der Waals surface area contributed by atoms with Gasteiger partial charge in [0.2, 0.25) is 5.91 Å². The van der Waals surface area contributed by atoms with Crippen LogP contribution in [0.2, 0.25) is 5.02 Å². The topological polar surface area (TPSA) is 103 Å². The van der Waals surface area contributed by atoms with E-state index in [0.717, 1.165) is 11.4 Å². The quantitative estimate of drug-likeness (QED) is 0.269. The Morgan fingerprint density at radius 1 is 1.23 bits per heavy atom. The van der Waals surface area contributed by atoms with Crippen LogP contribution in [0.4, 0.5) is 15.8 Å². The van der Waals surface area contributed by atoms with Crippen LogP contribution in [0.1, 0.15) is 11.4 Å². The highest BCUT2D eigenvalue weighted by Crippen LogP contribution is 2.27. The van der Waals surface area contributed by atoms with E-state index in [2.05, 4.69) is 15.5 Å². The predicted octanol–water partition coefficient (Wildman–Crippen LogP) is 4.68. The standard InChI is InChI=1S/C19H17ClFN5O3S2/c1-25-17(10-30-9-12-2-4-13(21)5-3-12)23-24-19(25)31-11-18(27)22-16-8-14(26(28)29)6-7-15(16)20/h2-8H,9-11H2,1H3,(H,22,27). The van der Waals surface area contributed by atoms with Gasteiger partial charge in [0, 0.05) is 24.9 Å². The van der Waals surface area contributed by atoms with Crippen LogP contribution >= 0.6 is 35.1 Å². The summed E-state index contributed by atoms with van der Waals surface area (Å²) in [5.74, 6) is 1.46. The molecule has 0 radical (unpaired) electrons. The van der Waals surface area contributed by atoms with Gasteiger partial charge in [-0.15, -0.1) is 22.0 Å². The number of rotatable bonds is 9. The lowest BCUT2D eigenvalue weighted by atomic mass is 10.2. The third kappa shape index (κ3) is 6.42. The summed E-state index contributed by atoms with van der Waals surface area (Å²) in [5.41, 5.74) is 1.03. The molecule has 31 heavy (non-hydrogen) atoms. The fraction of sp³-hybridized carbons (Fsp3) is 0.211. The third-order valence-electron chi connectivity index (χ3n) is 4.11. The molecule has 0 aliphatic carbocycles. The molecule has 0 unspecified atom stereocenters. The van der Waals surface area contributed by atoms with Crippen molar-refractivity contribution in [3.05, 3.63) is 74.8 Å². The van der Waals surface area contributed by atoms with Crippen LogP contribution in [0.3, 0.4) is 0 Å². The number of carbonyl (C=O) groups excluding carboxylic acids is 1. The summed E-state index contributed by atoms with van der Waals surface area (Å²) < 4.78 is 14.8. The number of hydrogen-bond acceptors (Lipinski definition) is 7. The van der Waals surface area contributed by atoms with Gasteiger partial charge in [-0.3, -0.25) is 14.9 Å². The number of nitrogens with zero attached hydrogens (tertiary/aromatic N) is 4. The first-order chi connectivity index (χ1) is 14.8. The van der Waals surface area contributed by atoms with Crippen LogP contribution in [-0.4, -0.2) is 31.3 Å². The number of anilines is 1. The Labute approximate surface area is 190 Å². The number of halogens is 2. The molecule has 1 heterocycles. The van der Waals surface area contributed by atoms with E-state index in [1.165, 1.54) is 42.1 Å². The maximum absolute atomic E-state index is 13.0. The number of nitro benzene ring substituents is 1. The number of amides is 1. The highest BCUT2D eigenvalue weighted by atomic mass is 35.5. The van der Waals surface area contributed by atoms with Crippen molar-refractivity contribution in [3.8, 4) is 0 Å². The highest BCUT2D eigenvalue weighted by molar-refractivity contribution is 7.99. The maximum Gasteiger partial charge on any atom is 0.271 e. The molecule has 0 saturated heterocycles. The molecule has 3 rings (SSSR count). The molecule has 1 aromatic heterocycles. The molecule has 0 spiro atoms. The van der Waals surface area contributed by atoms with Gasteiger partial charge in [-0.2, -0.15) is 0 Å². The summed E-state index contributed by atoms with van der Waals surface area (Å²) in [5, 5.41) is 22.5. The van der Waals surface area contributed by atoms with Crippen molar-refractivity contribution in [3.63, 3.8) is 0 Å². The predicted molar refractivity (Wildman–Crippen MR) is 120 cm³/mol. The number of benzene rings is 2. The van der Waals surface area contributed by atoms with Crippen LogP contribution in [0.15, 0.2) is 47.6 Å². The summed E-state index contributed by atoms with van der Waals surface area (Å²) in [6.07, 6.45) is 0. The SMILES string of the molecule is Cn1c(CSCc2ccc(F)cc2)nnc1SCC(=O)Nc1cc([N+](=O)[O-])ccc1Cl. The van der Waals surface area contributed by atoms with Gasteiger partial charge in [0.15, 0.2) is 5.16 Å². The van der Waals surface area contributed by atoms with Crippen molar-refractivity contribution in [2.45, 2.75) is 16.7 Å². The van der Waals surface area contributed by atoms with Gasteiger partial charge in [-0.25, -0.2) is 4.39 Å². The molecule has 8 nitrogen and oxygen atoms in total. The van der Waals surface area contributed by atoms with Crippen molar-refractivity contribution in [1.82, 2.24) is 14.8 Å². The first kappa shape index (κ1) is 23.0. The molecule has 0 fully saturated rings. The van der Waals surface area contributed by atoms with Gasteiger partial charge in [0.25, 0.3) is 5.69 Å². The summed E-state index contributed by atoms with van der Waals surface area (Å²) in [4.78, 5) is 22.6. The van der Waals surface area contributed by atoms with Crippen LogP contribution in [-0.2, 0) is 23.3 Å². The molecule has 12 heteroatoms. The number of carbonyl (C=O) groups is 1. The average molecular weight is 482 g/mol. The summed E-state index contributed by atoms with van der Waals surface area (Å²) in [7, 11) is 1.81. The van der Waals surface area contributed by atoms with E-state index in [1.807, 2.05) is 7.05 Å². The third-order valence-corrected chi connectivity index (χ3v) is 6.46. The Balaban J connectivity index is 1.51. The van der Waals surface area contributed by atoms with Crippen molar-refractivity contribution < 1.29 is 14.1 Å². The maximum atomic E-state index is 13.0. The molecule has 0 aliphatic heterocycles. The lowest BCUT2D eigenvalue weighted by molar-refractivity contribution is -0.384. The number of non-ortho nitro benzene ring substituents is 1. The van der Waals surface area contributed by atoms with E-state index < -0.39 is 4.92 Å². The first-order valence-electron chi connectivity index (χ1n) is 8.90. The summed E-state index contributed by atoms with van der Waals surface area (Å²) in [6.45, 7) is 0. The second-order valence-corrected chi connectivity index (χ2v) is 8.67. The molecule has 2 aromatic carbocycles. The average Bonchev–Trinajstić information content (AvgIpc) is 3.09. The van der Waals surface area contributed by atoms with E-state index in [0.29, 0.717) is 16.7 Å². The molecule has 1 amide bonds. The molecule has 0 saturated carbocycles. The zero-order valence-electron chi connectivity index (χ0n) is 16.2. The largest absolute Gasteiger partial charge is 0.324 e. The number of nitrogens with one attached hydrogen (secondary N) is 1. The van der Waals surface area contributed by atoms with Crippen molar-refractivity contribution in [2.24, 2.45) is 7.05 Å². The molecular formula is C19H17ClFN5O3S2. The number of nitro groups is 1. The van der Waals surface area contributed by atoms with Crippen molar-refractivity contribution >= 4 is 52.4 Å².